The number of benzene rings is 2. The normalized spacial score (nSPS) is 11.1. The van der Waals surface area contributed by atoms with Crippen LogP contribution >= 0.6 is 0 Å². The summed E-state index contributed by atoms with van der Waals surface area (Å²) in [5, 5.41) is 9.86. The highest BCUT2D eigenvalue weighted by Crippen LogP contribution is 2.26. The van der Waals surface area contributed by atoms with Crippen molar-refractivity contribution >= 4 is 10.8 Å². The van der Waals surface area contributed by atoms with Crippen LogP contribution in [0.4, 0.5) is 0 Å². The maximum absolute atomic E-state index is 13.2. The van der Waals surface area contributed by atoms with E-state index in [9.17, 15) is 4.79 Å². The van der Waals surface area contributed by atoms with Crippen LogP contribution in [0.15, 0.2) is 76.3 Å². The van der Waals surface area contributed by atoms with Crippen molar-refractivity contribution in [1.29, 1.82) is 0 Å². The Bertz CT molecular complexity index is 1440. The van der Waals surface area contributed by atoms with Crippen molar-refractivity contribution in [3.05, 3.63) is 88.5 Å². The molecule has 3 aromatic heterocycles. The number of hydrogen-bond donors (Lipinski definition) is 0. The van der Waals surface area contributed by atoms with Gasteiger partial charge in [0.25, 0.3) is 11.4 Å². The highest BCUT2D eigenvalue weighted by molar-refractivity contribution is 5.92. The van der Waals surface area contributed by atoms with Crippen LogP contribution < -0.4 is 5.56 Å². The first kappa shape index (κ1) is 17.9. The zero-order chi connectivity index (χ0) is 20.7. The van der Waals surface area contributed by atoms with E-state index >= 15 is 0 Å². The summed E-state index contributed by atoms with van der Waals surface area (Å²) in [6.45, 7) is 4.03. The second-order valence-corrected chi connectivity index (χ2v) is 7.04. The second-order valence-electron chi connectivity index (χ2n) is 7.04. The highest BCUT2D eigenvalue weighted by Gasteiger charge is 2.19. The monoisotopic (exact) mass is 395 g/mol. The van der Waals surface area contributed by atoms with Crippen molar-refractivity contribution in [1.82, 2.24) is 24.9 Å². The Balaban J connectivity index is 1.74. The number of aromatic nitrogens is 5. The van der Waals surface area contributed by atoms with Gasteiger partial charge in [-0.05, 0) is 55.3 Å². The van der Waals surface area contributed by atoms with Gasteiger partial charge in [0.2, 0.25) is 5.82 Å². The Kier molecular flexibility index (Phi) is 4.21. The Hall–Kier alpha value is -4.13. The molecule has 0 aliphatic rings. The minimum absolute atomic E-state index is 0.204. The van der Waals surface area contributed by atoms with E-state index in [0.717, 1.165) is 16.7 Å². The molecule has 3 heterocycles. The smallest absolute Gasteiger partial charge is 0.279 e. The predicted molar refractivity (Wildman–Crippen MR) is 113 cm³/mol. The lowest BCUT2D eigenvalue weighted by atomic mass is 10.1. The Morgan fingerprint density at radius 2 is 1.77 bits per heavy atom. The molecule has 0 amide bonds. The molecule has 0 radical (unpaired) electrons. The zero-order valence-corrected chi connectivity index (χ0v) is 16.4. The number of aryl methyl sites for hydroxylation is 2. The van der Waals surface area contributed by atoms with E-state index in [1.54, 1.807) is 24.5 Å². The Morgan fingerprint density at radius 1 is 0.933 bits per heavy atom. The van der Waals surface area contributed by atoms with Crippen LogP contribution in [0.25, 0.3) is 39.4 Å². The molecule has 0 unspecified atom stereocenters. The molecule has 2 aromatic carbocycles. The lowest BCUT2D eigenvalue weighted by molar-refractivity contribution is 0.430. The molecule has 0 aliphatic heterocycles. The first-order valence-corrected chi connectivity index (χ1v) is 9.46. The molecule has 0 saturated heterocycles. The summed E-state index contributed by atoms with van der Waals surface area (Å²) >= 11 is 0. The van der Waals surface area contributed by atoms with E-state index in [1.807, 2.05) is 56.3 Å². The molecule has 7 heteroatoms. The summed E-state index contributed by atoms with van der Waals surface area (Å²) in [7, 11) is 0. The summed E-state index contributed by atoms with van der Waals surface area (Å²) < 4.78 is 6.91. The minimum atomic E-state index is -0.204. The molecule has 0 atom stereocenters. The van der Waals surface area contributed by atoms with Crippen LogP contribution in [-0.4, -0.2) is 24.9 Å². The average molecular weight is 395 g/mol. The third kappa shape index (κ3) is 2.97. The minimum Gasteiger partial charge on any atom is -0.332 e. The summed E-state index contributed by atoms with van der Waals surface area (Å²) in [5.41, 5.74) is 3.88. The van der Waals surface area contributed by atoms with Crippen LogP contribution in [0.1, 0.15) is 11.1 Å². The second kappa shape index (κ2) is 7.04. The molecule has 0 spiro atoms. The fourth-order valence-corrected chi connectivity index (χ4v) is 3.31. The molecule has 0 saturated carbocycles. The van der Waals surface area contributed by atoms with Crippen LogP contribution in [0.2, 0.25) is 0 Å². The van der Waals surface area contributed by atoms with Gasteiger partial charge >= 0.3 is 0 Å². The third-order valence-electron chi connectivity index (χ3n) is 5.09. The molecule has 30 heavy (non-hydrogen) atoms. The quantitative estimate of drug-likeness (QED) is 0.457. The number of pyridine rings is 1. The van der Waals surface area contributed by atoms with Gasteiger partial charge < -0.3 is 4.52 Å². The van der Waals surface area contributed by atoms with Crippen molar-refractivity contribution in [2.24, 2.45) is 0 Å². The first-order chi connectivity index (χ1) is 14.6. The third-order valence-corrected chi connectivity index (χ3v) is 5.09. The van der Waals surface area contributed by atoms with Gasteiger partial charge in [0.15, 0.2) is 5.69 Å². The van der Waals surface area contributed by atoms with Gasteiger partial charge in [0.05, 0.1) is 11.1 Å². The molecule has 0 bridgehead atoms. The summed E-state index contributed by atoms with van der Waals surface area (Å²) in [6, 6.07) is 16.7. The van der Waals surface area contributed by atoms with Gasteiger partial charge in [-0.3, -0.25) is 9.78 Å². The predicted octanol–water partition coefficient (Wildman–Crippen LogP) is 4.11. The summed E-state index contributed by atoms with van der Waals surface area (Å²) in [4.78, 5) is 21.8. The molecule has 146 valence electrons. The maximum atomic E-state index is 13.2. The van der Waals surface area contributed by atoms with Crippen molar-refractivity contribution in [3.63, 3.8) is 0 Å². The number of fused-ring (bicyclic) bond motifs is 1. The highest BCUT2D eigenvalue weighted by atomic mass is 16.5. The molecule has 0 aliphatic carbocycles. The molecule has 5 aromatic rings. The first-order valence-electron chi connectivity index (χ1n) is 9.46. The van der Waals surface area contributed by atoms with E-state index in [-0.39, 0.29) is 11.4 Å². The van der Waals surface area contributed by atoms with Gasteiger partial charge in [-0.1, -0.05) is 29.4 Å². The lowest BCUT2D eigenvalue weighted by Gasteiger charge is -2.10. The van der Waals surface area contributed by atoms with E-state index in [0.29, 0.717) is 28.0 Å². The standard InChI is InChI=1S/C23H17N5O2/c1-14-9-10-17(12-15(14)2)28-23(29)19-8-4-3-7-18(19)20(26-28)22-25-21(27-30-22)16-6-5-11-24-13-16/h3-13H,1-2H3. The number of hydrogen-bond acceptors (Lipinski definition) is 6. The van der Waals surface area contributed by atoms with Gasteiger partial charge in [0, 0.05) is 23.3 Å². The maximum Gasteiger partial charge on any atom is 0.279 e. The lowest BCUT2D eigenvalue weighted by Crippen LogP contribution is -2.22. The van der Waals surface area contributed by atoms with Crippen LogP contribution in [0, 0.1) is 13.8 Å². The fraction of sp³-hybridized carbons (Fsp3) is 0.0870. The van der Waals surface area contributed by atoms with Crippen LogP contribution in [-0.2, 0) is 0 Å². The molecule has 0 fully saturated rings. The van der Waals surface area contributed by atoms with Crippen molar-refractivity contribution in [3.8, 4) is 28.7 Å². The Morgan fingerprint density at radius 3 is 2.53 bits per heavy atom. The molecular weight excluding hydrogens is 378 g/mol. The van der Waals surface area contributed by atoms with Gasteiger partial charge in [0.1, 0.15) is 0 Å². The largest absolute Gasteiger partial charge is 0.332 e. The Labute approximate surface area is 171 Å². The van der Waals surface area contributed by atoms with Crippen molar-refractivity contribution in [2.75, 3.05) is 0 Å². The van der Waals surface area contributed by atoms with Crippen LogP contribution in [0.5, 0.6) is 0 Å². The van der Waals surface area contributed by atoms with Crippen molar-refractivity contribution in [2.45, 2.75) is 13.8 Å². The molecule has 5 rings (SSSR count). The average Bonchev–Trinajstić information content (AvgIpc) is 3.27. The number of rotatable bonds is 3. The van der Waals surface area contributed by atoms with Gasteiger partial charge in [-0.15, -0.1) is 0 Å². The van der Waals surface area contributed by atoms with Crippen LogP contribution in [0.3, 0.4) is 0 Å². The summed E-state index contributed by atoms with van der Waals surface area (Å²) in [6.07, 6.45) is 3.34. The van der Waals surface area contributed by atoms with Gasteiger partial charge in [-0.2, -0.15) is 14.8 Å². The molecule has 0 N–H and O–H groups in total. The zero-order valence-electron chi connectivity index (χ0n) is 16.4. The molecular formula is C23H17N5O2. The van der Waals surface area contributed by atoms with Crippen molar-refractivity contribution < 1.29 is 4.52 Å². The van der Waals surface area contributed by atoms with Gasteiger partial charge in [-0.25, -0.2) is 0 Å². The topological polar surface area (TPSA) is 86.7 Å². The van der Waals surface area contributed by atoms with E-state index in [1.165, 1.54) is 4.68 Å². The fourth-order valence-electron chi connectivity index (χ4n) is 3.31. The number of nitrogens with zero attached hydrogens (tertiary/aromatic N) is 5. The molecule has 7 nitrogen and oxygen atoms in total. The van der Waals surface area contributed by atoms with E-state index in [2.05, 4.69) is 20.2 Å². The SMILES string of the molecule is Cc1ccc(-n2nc(-c3nc(-c4cccnc4)no3)c3ccccc3c2=O)cc1C. The van der Waals surface area contributed by atoms with E-state index < -0.39 is 0 Å². The summed E-state index contributed by atoms with van der Waals surface area (Å²) in [5.74, 6) is 0.649. The van der Waals surface area contributed by atoms with E-state index in [4.69, 9.17) is 4.52 Å².